The van der Waals surface area contributed by atoms with Crippen LogP contribution in [-0.2, 0) is 81.1 Å². The van der Waals surface area contributed by atoms with Crippen molar-refractivity contribution in [3.63, 3.8) is 0 Å². The number of hydrogen-bond acceptors (Lipinski definition) is 33. The first-order valence-corrected chi connectivity index (χ1v) is 40.8. The Labute approximate surface area is 679 Å². The minimum absolute atomic E-state index is 0.000700. The second-order valence-electron chi connectivity index (χ2n) is 28.1. The maximum Gasteiger partial charge on any atom is 0.411 e. The molecular formula is C75H99IN6O28S3. The Morgan fingerprint density at radius 3 is 2.20 bits per heavy atom. The molecule has 5 heterocycles. The van der Waals surface area contributed by atoms with Gasteiger partial charge in [-0.05, 0) is 138 Å². The molecule has 0 saturated carbocycles. The smallest absolute Gasteiger partial charge is 0.411 e. The molecule has 38 heteroatoms. The predicted octanol–water partition coefficient (Wildman–Crippen LogP) is 4.65. The van der Waals surface area contributed by atoms with Crippen molar-refractivity contribution in [1.82, 2.24) is 26.2 Å². The molecule has 2 aromatic carbocycles. The number of thioether (sulfide) groups is 1. The van der Waals surface area contributed by atoms with Crippen LogP contribution in [0.25, 0.3) is 0 Å². The first-order chi connectivity index (χ1) is 53.7. The number of methoxy groups -OCH3 is 5. The van der Waals surface area contributed by atoms with Crippen molar-refractivity contribution in [2.45, 2.75) is 234 Å². The zero-order chi connectivity index (χ0) is 82.5. The van der Waals surface area contributed by atoms with E-state index in [9.17, 15) is 63.9 Å². The molecule has 5 aliphatic heterocycles. The van der Waals surface area contributed by atoms with Crippen LogP contribution in [0.2, 0.25) is 0 Å². The standard InChI is InChI=1S/C75H99IN6O28S3/c1-15-81(41(7)83)45-35-102-54(32-49(45)96-10)107-67-62(91)59(80-109-55-31-46(84)69(40(6)103-55)112-70(93)56-36(2)58(76)65(68(99-13)64(56)97-11)108-71-63(92)66(98-12)61(90)39(5)105-71)38(4)104-72(67)106-48-19-16-17-28-75(95)33-47(85)60(77-73(94)100-14)57(48)44(75)27-30-111-113-74(8,9)34-50(86)79-78-37(3)42-21-23-43(24-22-42)101-29-18-20-53(89)110-82-51(87)25-26-52(82)88/h17,21-24,27-28,38-40,45-46,48-49,54-55,59,61-63,66-67,69,71-72,80,84,90-92,95H,15,18,20,25-26,29-35H2,1-14H3,(H,77,94)(H,79,86)/b28-17-,44-27+,78-37+/t38?,39?,40?,45?,46?,48-,49?,54?,55?,59?,61?,62?,63?,66?,67?,69?,71?,72?,75-/m0/s1. The number of benzene rings is 2. The number of hydrazone groups is 1. The zero-order valence-corrected chi connectivity index (χ0v) is 69.6. The summed E-state index contributed by atoms with van der Waals surface area (Å²) in [5.41, 5.74) is 4.85. The second-order valence-corrected chi connectivity index (χ2v) is 33.4. The quantitative estimate of drug-likeness (QED) is 0.00939. The van der Waals surface area contributed by atoms with E-state index in [-0.39, 0.29) is 109 Å². The van der Waals surface area contributed by atoms with E-state index < -0.39 is 167 Å². The van der Waals surface area contributed by atoms with Gasteiger partial charge in [0.15, 0.2) is 36.2 Å². The predicted molar refractivity (Wildman–Crippen MR) is 415 cm³/mol. The summed E-state index contributed by atoms with van der Waals surface area (Å²) in [6.07, 6.45) is -15.5. The van der Waals surface area contributed by atoms with Gasteiger partial charge in [0.2, 0.25) is 29.0 Å². The molecule has 9 rings (SSSR count). The molecule has 19 atom stereocenters. The van der Waals surface area contributed by atoms with Crippen LogP contribution in [-0.4, -0.2) is 269 Å². The summed E-state index contributed by atoms with van der Waals surface area (Å²) < 4.78 is 78.1. The number of aliphatic hydroxyl groups excluding tert-OH is 4. The minimum atomic E-state index is -2.04. The maximum atomic E-state index is 14.6. The Bertz CT molecular complexity index is 3960. The van der Waals surface area contributed by atoms with Gasteiger partial charge in [-0.25, -0.2) is 15.0 Å². The summed E-state index contributed by atoms with van der Waals surface area (Å²) in [6, 6.07) is 5.16. The Morgan fingerprint density at radius 2 is 1.56 bits per heavy atom. The van der Waals surface area contributed by atoms with Gasteiger partial charge in [0.05, 0.1) is 109 Å². The third kappa shape index (κ3) is 22.0. The van der Waals surface area contributed by atoms with E-state index in [1.165, 1.54) is 69.1 Å². The molecule has 0 radical (unpaired) electrons. The lowest BCUT2D eigenvalue weighted by Gasteiger charge is -2.47. The highest BCUT2D eigenvalue weighted by atomic mass is 127. The van der Waals surface area contributed by atoms with E-state index >= 15 is 0 Å². The van der Waals surface area contributed by atoms with E-state index in [0.717, 1.165) is 18.9 Å². The van der Waals surface area contributed by atoms with Gasteiger partial charge in [0.1, 0.15) is 48.0 Å². The van der Waals surface area contributed by atoms with Crippen molar-refractivity contribution in [1.29, 1.82) is 0 Å². The molecule has 622 valence electrons. The molecule has 113 heavy (non-hydrogen) atoms. The number of alkyl carbamates (subject to hydrolysis) is 1. The Hall–Kier alpha value is -6.57. The number of halogens is 1. The van der Waals surface area contributed by atoms with Crippen molar-refractivity contribution in [3.05, 3.63) is 79.6 Å². The monoisotopic (exact) mass is 1750 g/mol. The number of aliphatic hydroxyl groups is 5. The molecule has 17 unspecified atom stereocenters. The molecule has 8 N–H and O–H groups in total. The maximum absolute atomic E-state index is 14.6. The second kappa shape index (κ2) is 40.5. The number of Topliss-reactive ketones (excluding diaryl/α,β-unsaturated/α-hetero) is 1. The highest BCUT2D eigenvalue weighted by Gasteiger charge is 2.53. The molecule has 5 saturated heterocycles. The molecule has 5 amide bonds. The van der Waals surface area contributed by atoms with E-state index in [1.807, 2.05) is 43.4 Å². The van der Waals surface area contributed by atoms with Gasteiger partial charge in [0, 0.05) is 82.3 Å². The number of carbonyl (C=O) groups is 8. The summed E-state index contributed by atoms with van der Waals surface area (Å²) in [4.78, 5) is 117. The Kier molecular flexibility index (Phi) is 32.4. The summed E-state index contributed by atoms with van der Waals surface area (Å²) in [5.74, 6) is 3.40. The number of ketones is 1. The average molecular weight is 1760 g/mol. The third-order valence-corrected chi connectivity index (χ3v) is 25.5. The summed E-state index contributed by atoms with van der Waals surface area (Å²) in [7, 11) is 9.28. The Morgan fingerprint density at radius 1 is 0.858 bits per heavy atom. The number of ether oxygens (including phenoxy) is 13. The van der Waals surface area contributed by atoms with Crippen molar-refractivity contribution < 1.29 is 135 Å². The van der Waals surface area contributed by atoms with Crippen LogP contribution in [0, 0.1) is 22.3 Å². The SMILES string of the molecule is CCN(C(C)=O)C1COC(OC2C(O[C@H]3C#C/C=C\[C@]4(O)CC(=O)C(NC(=O)OC)=C3/C4=C\CSSC(C)(C)CC(=O)N/N=C(\C)c3ccc(OCCCC(=O)ON4C(=O)CCC4=O)cc3)OC(C)C(NOC3CC(O)C(SC(=O)c4c(C)c(I)c(OC5OC(C)C(O)C(OC)C5O)c(OC)c4OC)C(C)O3)C2O)CC1OC. The molecule has 0 aromatic heterocycles. The normalized spacial score (nSPS) is 30.7. The first-order valence-electron chi connectivity index (χ1n) is 36.6. The molecule has 34 nitrogen and oxygen atoms in total. The van der Waals surface area contributed by atoms with Gasteiger partial charge in [0.25, 0.3) is 11.8 Å². The number of amides is 5. The molecule has 2 aromatic rings. The van der Waals surface area contributed by atoms with Gasteiger partial charge in [-0.2, -0.15) is 10.6 Å². The van der Waals surface area contributed by atoms with Crippen LogP contribution in [0.1, 0.15) is 128 Å². The molecule has 7 aliphatic rings. The van der Waals surface area contributed by atoms with Crippen LogP contribution in [0.5, 0.6) is 23.0 Å². The number of imide groups is 1. The van der Waals surface area contributed by atoms with Crippen LogP contribution in [0.3, 0.4) is 0 Å². The molecule has 2 bridgehead atoms. The number of fused-ring (bicyclic) bond motifs is 2. The highest BCUT2D eigenvalue weighted by Crippen LogP contribution is 2.50. The van der Waals surface area contributed by atoms with Crippen LogP contribution < -0.4 is 35.2 Å². The number of rotatable bonds is 32. The van der Waals surface area contributed by atoms with Gasteiger partial charge < -0.3 is 96.8 Å². The molecule has 0 spiro atoms. The summed E-state index contributed by atoms with van der Waals surface area (Å²) >= 11 is 2.78. The largest absolute Gasteiger partial charge is 0.494 e. The van der Waals surface area contributed by atoms with Crippen LogP contribution >= 0.6 is 55.9 Å². The lowest BCUT2D eigenvalue weighted by molar-refractivity contribution is -0.337. The van der Waals surface area contributed by atoms with Gasteiger partial charge >= 0.3 is 12.1 Å². The number of nitrogens with one attached hydrogen (secondary N) is 3. The third-order valence-electron chi connectivity index (χ3n) is 19.7. The molecule has 2 aliphatic carbocycles. The van der Waals surface area contributed by atoms with Crippen LogP contribution in [0.4, 0.5) is 4.79 Å². The molecule has 5 fully saturated rings. The topological polar surface area (TPSA) is 431 Å². The average Bonchev–Trinajstić information content (AvgIpc) is 1.16. The van der Waals surface area contributed by atoms with E-state index in [2.05, 4.69) is 33.2 Å². The highest BCUT2D eigenvalue weighted by molar-refractivity contribution is 14.1. The summed E-state index contributed by atoms with van der Waals surface area (Å²) in [6.45, 7) is 15.6. The lowest BCUT2D eigenvalue weighted by atomic mass is 9.74. The fourth-order valence-corrected chi connectivity index (χ4v) is 17.9. The fourth-order valence-electron chi connectivity index (χ4n) is 13.8. The number of allylic oxidation sites excluding steroid dienone is 2. The van der Waals surface area contributed by atoms with E-state index in [0.29, 0.717) is 37.8 Å². The van der Waals surface area contributed by atoms with Crippen LogP contribution in [0.15, 0.2) is 64.4 Å². The van der Waals surface area contributed by atoms with Gasteiger partial charge in [-0.1, -0.05) is 51.3 Å². The fraction of sp³-hybridized carbons (Fsp3) is 0.613. The van der Waals surface area contributed by atoms with Crippen molar-refractivity contribution in [2.75, 3.05) is 61.1 Å². The van der Waals surface area contributed by atoms with E-state index in [1.54, 1.807) is 69.9 Å². The van der Waals surface area contributed by atoms with Crippen molar-refractivity contribution in [2.24, 2.45) is 5.10 Å². The van der Waals surface area contributed by atoms with Crippen molar-refractivity contribution >= 4 is 108 Å². The zero-order valence-electron chi connectivity index (χ0n) is 65.0. The molecular weight excluding hydrogens is 1660 g/mol. The Balaban J connectivity index is 0.882. The lowest BCUT2D eigenvalue weighted by Crippen LogP contribution is -2.65. The first kappa shape index (κ1) is 90.3. The number of nitrogens with zero attached hydrogens (tertiary/aromatic N) is 3. The van der Waals surface area contributed by atoms with E-state index in [4.69, 9.17) is 71.3 Å². The number of hydrogen-bond donors (Lipinski definition) is 8. The number of hydroxylamine groups is 3. The number of carbonyl (C=O) groups excluding carboxylic acids is 8. The number of likely N-dealkylation sites (N-methyl/N-ethyl adjacent to an activating group) is 1. The summed E-state index contributed by atoms with van der Waals surface area (Å²) in [5, 5.41) is 64.9. The van der Waals surface area contributed by atoms with Crippen molar-refractivity contribution in [3.8, 4) is 34.8 Å². The van der Waals surface area contributed by atoms with Gasteiger partial charge in [-0.15, -0.1) is 5.06 Å². The minimum Gasteiger partial charge on any atom is -0.494 e. The van der Waals surface area contributed by atoms with Gasteiger partial charge in [-0.3, -0.25) is 38.9 Å².